The van der Waals surface area contributed by atoms with Gasteiger partial charge in [-0.3, -0.25) is 0 Å². The van der Waals surface area contributed by atoms with Gasteiger partial charge in [0.05, 0.1) is 10.6 Å². The van der Waals surface area contributed by atoms with E-state index in [0.717, 1.165) is 6.07 Å². The number of ether oxygens (including phenoxy) is 1. The van der Waals surface area contributed by atoms with Gasteiger partial charge in [0.25, 0.3) is 0 Å². The number of nitrogens with one attached hydrogen (secondary N) is 1. The van der Waals surface area contributed by atoms with E-state index in [4.69, 9.17) is 11.6 Å². The molecule has 0 spiro atoms. The molecule has 4 nitrogen and oxygen atoms in total. The summed E-state index contributed by atoms with van der Waals surface area (Å²) in [6, 6.07) is 9.63. The first-order valence-electron chi connectivity index (χ1n) is 8.48. The van der Waals surface area contributed by atoms with E-state index in [1.807, 2.05) is 0 Å². The molecule has 1 N–H and O–H groups in total. The molecule has 3 aromatic rings. The Morgan fingerprint density at radius 2 is 1.70 bits per heavy atom. The molecule has 0 radical (unpaired) electrons. The van der Waals surface area contributed by atoms with Gasteiger partial charge in [0.1, 0.15) is 5.75 Å². The van der Waals surface area contributed by atoms with Crippen LogP contribution in [-0.4, -0.2) is 15.9 Å². The quantitative estimate of drug-likeness (QED) is 0.488. The Balaban J connectivity index is 1.64. The summed E-state index contributed by atoms with van der Waals surface area (Å²) < 4.78 is 80.2. The van der Waals surface area contributed by atoms with E-state index >= 15 is 0 Å². The minimum Gasteiger partial charge on any atom is -0.406 e. The molecule has 2 heterocycles. The third-order valence-electron chi connectivity index (χ3n) is 4.00. The molecular formula is C19H14ClF6N3O. The van der Waals surface area contributed by atoms with Gasteiger partial charge in [-0.1, -0.05) is 23.7 Å². The predicted molar refractivity (Wildman–Crippen MR) is 97.2 cm³/mol. The van der Waals surface area contributed by atoms with Gasteiger partial charge in [0.15, 0.2) is 5.82 Å². The second-order valence-electron chi connectivity index (χ2n) is 6.19. The lowest BCUT2D eigenvalue weighted by molar-refractivity contribution is -0.274. The smallest absolute Gasteiger partial charge is 0.406 e. The molecule has 0 saturated carbocycles. The molecule has 1 aromatic carbocycles. The highest BCUT2D eigenvalue weighted by molar-refractivity contribution is 6.32. The van der Waals surface area contributed by atoms with Crippen LogP contribution in [0.2, 0.25) is 5.02 Å². The van der Waals surface area contributed by atoms with Crippen molar-refractivity contribution in [2.45, 2.75) is 25.6 Å². The van der Waals surface area contributed by atoms with E-state index in [9.17, 15) is 26.3 Å². The highest BCUT2D eigenvalue weighted by Gasteiger charge is 2.32. The van der Waals surface area contributed by atoms with Gasteiger partial charge in [-0.15, -0.1) is 13.2 Å². The molecule has 11 heteroatoms. The highest BCUT2D eigenvalue weighted by atomic mass is 35.5. The van der Waals surface area contributed by atoms with Crippen LogP contribution < -0.4 is 10.1 Å². The van der Waals surface area contributed by atoms with Crippen LogP contribution in [0.25, 0.3) is 5.82 Å². The summed E-state index contributed by atoms with van der Waals surface area (Å²) in [7, 11) is 0. The van der Waals surface area contributed by atoms with Crippen LogP contribution >= 0.6 is 11.6 Å². The van der Waals surface area contributed by atoms with E-state index in [1.165, 1.54) is 24.3 Å². The molecule has 0 amide bonds. The van der Waals surface area contributed by atoms with Crippen LogP contribution in [0.4, 0.5) is 26.3 Å². The maximum Gasteiger partial charge on any atom is 0.573 e. The first kappa shape index (κ1) is 22.0. The number of rotatable bonds is 6. The lowest BCUT2D eigenvalue weighted by atomic mass is 10.2. The van der Waals surface area contributed by atoms with Gasteiger partial charge in [-0.25, -0.2) is 4.98 Å². The van der Waals surface area contributed by atoms with E-state index in [-0.39, 0.29) is 16.6 Å². The molecule has 2 aromatic heterocycles. The Morgan fingerprint density at radius 3 is 2.30 bits per heavy atom. The third kappa shape index (κ3) is 5.67. The fourth-order valence-electron chi connectivity index (χ4n) is 2.67. The van der Waals surface area contributed by atoms with Crippen molar-refractivity contribution >= 4 is 11.6 Å². The maximum atomic E-state index is 12.8. The van der Waals surface area contributed by atoms with Gasteiger partial charge in [-0.2, -0.15) is 13.2 Å². The normalized spacial score (nSPS) is 12.2. The Kier molecular flexibility index (Phi) is 6.27. The van der Waals surface area contributed by atoms with E-state index in [0.29, 0.717) is 30.5 Å². The zero-order chi connectivity index (χ0) is 21.9. The van der Waals surface area contributed by atoms with E-state index < -0.39 is 18.1 Å². The van der Waals surface area contributed by atoms with Crippen molar-refractivity contribution in [3.05, 3.63) is 76.7 Å². The highest BCUT2D eigenvalue weighted by Crippen LogP contribution is 2.32. The molecule has 0 saturated heterocycles. The minimum atomic E-state index is -4.75. The monoisotopic (exact) mass is 449 g/mol. The zero-order valence-corrected chi connectivity index (χ0v) is 15.8. The summed E-state index contributed by atoms with van der Waals surface area (Å²) in [5.74, 6) is -0.164. The fourth-order valence-corrected chi connectivity index (χ4v) is 2.93. The van der Waals surface area contributed by atoms with Crippen molar-refractivity contribution in [3.8, 4) is 11.6 Å². The maximum absolute atomic E-state index is 12.8. The Bertz CT molecular complexity index is 999. The molecule has 0 unspecified atom stereocenters. The largest absolute Gasteiger partial charge is 0.573 e. The van der Waals surface area contributed by atoms with Gasteiger partial charge in [0, 0.05) is 31.2 Å². The molecule has 30 heavy (non-hydrogen) atoms. The van der Waals surface area contributed by atoms with Gasteiger partial charge in [-0.05, 0) is 35.9 Å². The fraction of sp³-hybridized carbons (Fsp3) is 0.211. The number of alkyl halides is 6. The average molecular weight is 450 g/mol. The number of benzene rings is 1. The summed E-state index contributed by atoms with van der Waals surface area (Å²) in [5, 5.41) is 2.95. The molecule has 0 aliphatic rings. The van der Waals surface area contributed by atoms with Gasteiger partial charge < -0.3 is 14.6 Å². The first-order valence-corrected chi connectivity index (χ1v) is 8.85. The molecule has 160 valence electrons. The number of hydrogen-bond acceptors (Lipinski definition) is 3. The van der Waals surface area contributed by atoms with E-state index in [2.05, 4.69) is 15.0 Å². The van der Waals surface area contributed by atoms with Crippen molar-refractivity contribution < 1.29 is 31.1 Å². The zero-order valence-electron chi connectivity index (χ0n) is 15.1. The van der Waals surface area contributed by atoms with Crippen molar-refractivity contribution in [1.82, 2.24) is 14.9 Å². The number of aromatic nitrogens is 2. The Labute approximate surface area is 172 Å². The minimum absolute atomic E-state index is 0.150. The predicted octanol–water partition coefficient (Wildman–Crippen LogP) is 5.73. The lowest BCUT2D eigenvalue weighted by Gasteiger charge is -2.13. The second-order valence-corrected chi connectivity index (χ2v) is 6.60. The number of hydrogen-bond donors (Lipinski definition) is 1. The lowest BCUT2D eigenvalue weighted by Crippen LogP contribution is -2.17. The van der Waals surface area contributed by atoms with Crippen molar-refractivity contribution in [2.24, 2.45) is 0 Å². The van der Waals surface area contributed by atoms with Gasteiger partial charge in [0.2, 0.25) is 0 Å². The van der Waals surface area contributed by atoms with Crippen LogP contribution in [0.1, 0.15) is 16.8 Å². The first-order chi connectivity index (χ1) is 14.0. The Morgan fingerprint density at radius 1 is 1.00 bits per heavy atom. The number of nitrogens with zero attached hydrogens (tertiary/aromatic N) is 2. The number of pyridine rings is 1. The molecule has 3 rings (SSSR count). The van der Waals surface area contributed by atoms with E-state index in [1.54, 1.807) is 22.9 Å². The molecular weight excluding hydrogens is 436 g/mol. The average Bonchev–Trinajstić information content (AvgIpc) is 3.09. The Hall–Kier alpha value is -2.72. The molecule has 0 bridgehead atoms. The van der Waals surface area contributed by atoms with Crippen LogP contribution in [-0.2, 0) is 19.3 Å². The van der Waals surface area contributed by atoms with Gasteiger partial charge >= 0.3 is 12.5 Å². The summed E-state index contributed by atoms with van der Waals surface area (Å²) in [4.78, 5) is 3.83. The standard InChI is InChI=1S/C19H14ClF6N3O/c20-16-8-13(18(21,22)23)10-28-17(16)29-7-1-2-14(29)11-27-9-12-3-5-15(6-4-12)30-19(24,25)26/h1-8,10,27H,9,11H2. The van der Waals surface area contributed by atoms with Crippen LogP contribution in [0, 0.1) is 0 Å². The summed E-state index contributed by atoms with van der Waals surface area (Å²) in [5.41, 5.74) is 0.454. The van der Waals surface area contributed by atoms with Crippen LogP contribution in [0.15, 0.2) is 54.9 Å². The van der Waals surface area contributed by atoms with Crippen LogP contribution in [0.3, 0.4) is 0 Å². The number of halogens is 7. The van der Waals surface area contributed by atoms with Crippen LogP contribution in [0.5, 0.6) is 5.75 Å². The third-order valence-corrected chi connectivity index (χ3v) is 4.28. The second kappa shape index (κ2) is 8.57. The van der Waals surface area contributed by atoms with Crippen molar-refractivity contribution in [1.29, 1.82) is 0 Å². The molecule has 0 aliphatic carbocycles. The summed E-state index contributed by atoms with van der Waals surface area (Å²) in [6.45, 7) is 0.651. The molecule has 0 atom stereocenters. The molecule has 0 aliphatic heterocycles. The summed E-state index contributed by atoms with van der Waals surface area (Å²) in [6.07, 6.45) is -6.97. The molecule has 0 fully saturated rings. The van der Waals surface area contributed by atoms with Crippen molar-refractivity contribution in [3.63, 3.8) is 0 Å². The summed E-state index contributed by atoms with van der Waals surface area (Å²) >= 11 is 5.99. The topological polar surface area (TPSA) is 39.1 Å². The SMILES string of the molecule is FC(F)(F)Oc1ccc(CNCc2cccn2-c2ncc(C(F)(F)F)cc2Cl)cc1. The van der Waals surface area contributed by atoms with Crippen molar-refractivity contribution in [2.75, 3.05) is 0 Å².